The van der Waals surface area contributed by atoms with Crippen LogP contribution < -0.4 is 63.7 Å². The third-order valence-corrected chi connectivity index (χ3v) is 29.0. The molecule has 99 heavy (non-hydrogen) atoms. The molecule has 7 heteroatoms. The molecule has 0 aliphatic carbocycles. The Bertz CT molecular complexity index is 3640. The summed E-state index contributed by atoms with van der Waals surface area (Å²) < 4.78 is 0. The molecule has 0 N–H and O–H groups in total. The normalized spacial score (nSPS) is 10.2. The minimum absolute atomic E-state index is 0. The van der Waals surface area contributed by atoms with Crippen molar-refractivity contribution in [3.63, 3.8) is 0 Å². The second-order valence-corrected chi connectivity index (χ2v) is 34.5. The van der Waals surface area contributed by atoms with Crippen molar-refractivity contribution in [2.24, 2.45) is 0 Å². The predicted molar refractivity (Wildman–Crippen MR) is 450 cm³/mol. The average Bonchev–Trinajstić information content (AvgIpc) is 0.790. The Morgan fingerprint density at radius 1 is 0.273 bits per heavy atom. The van der Waals surface area contributed by atoms with E-state index in [1.165, 1.54) is 74.8 Å². The summed E-state index contributed by atoms with van der Waals surface area (Å²) in [5.41, 5.74) is 4.69. The van der Waals surface area contributed by atoms with Crippen molar-refractivity contribution >= 4 is 117 Å². The Hall–Kier alpha value is -7.97. The van der Waals surface area contributed by atoms with Crippen LogP contribution in [0, 0.1) is 14.9 Å². The molecule has 0 atom stereocenters. The minimum atomic E-state index is -1.78. The van der Waals surface area contributed by atoms with E-state index in [2.05, 4.69) is 397 Å². The predicted octanol–water partition coefficient (Wildman–Crippen LogP) is 19.7. The van der Waals surface area contributed by atoms with Gasteiger partial charge in [-0.3, -0.25) is 4.79 Å². The molecule has 1 nitrogen and oxygen atoms in total. The number of carbonyl (C=O) groups is 1. The van der Waals surface area contributed by atoms with Gasteiger partial charge in [0, 0.05) is 37.1 Å². The standard InChI is InChI=1S/3C19H17P.C18H15P.C8H14.C6H10O.CH4.2CH3.2V/c3*1-20(17-11-5-2-6-12-17,18-13-7-3-8-14-18)19-15-9-4-10-16-19;1-4-10-16(11-5-1)19(17-12-6-2-7-13-17)18-14-8-3-9-15-18;1-5-6-8(4)7(2)3;1-5(2)6(3)4-7;;;;;/h3*2-16H,1H2;1-15H;5-6H,1-4H3;4H,1-3H3;1H4;2*1H3;;/q;;;;;;;2*-1;;/b;;;;6-5+;;;;;;. The van der Waals surface area contributed by atoms with E-state index >= 15 is 0 Å². The van der Waals surface area contributed by atoms with Gasteiger partial charge < -0.3 is 14.9 Å². The molecule has 0 aliphatic rings. The summed E-state index contributed by atoms with van der Waals surface area (Å²) in [5, 5.41) is 16.0. The van der Waals surface area contributed by atoms with E-state index in [0.29, 0.717) is 0 Å². The molecule has 12 aromatic rings. The third kappa shape index (κ3) is 25.0. The number of rotatable bonds is 14. The maximum absolute atomic E-state index is 9.89. The molecular formula is C92H100OP4V2-2. The first-order valence-corrected chi connectivity index (χ1v) is 39.0. The van der Waals surface area contributed by atoms with Crippen LogP contribution in [0.25, 0.3) is 0 Å². The van der Waals surface area contributed by atoms with Gasteiger partial charge in [0.1, 0.15) is 6.29 Å². The van der Waals surface area contributed by atoms with Gasteiger partial charge in [-0.05, 0) is 146 Å². The summed E-state index contributed by atoms with van der Waals surface area (Å²) in [6, 6.07) is 128. The Morgan fingerprint density at radius 3 is 0.515 bits per heavy atom. The Kier molecular flexibility index (Phi) is 40.8. The number of benzene rings is 12. The summed E-state index contributed by atoms with van der Waals surface area (Å²) >= 11 is 0. The zero-order valence-electron chi connectivity index (χ0n) is 58.6. The molecule has 12 rings (SSSR count). The van der Waals surface area contributed by atoms with Crippen LogP contribution in [0.4, 0.5) is 0 Å². The van der Waals surface area contributed by atoms with Crippen molar-refractivity contribution in [2.45, 2.75) is 55.9 Å². The van der Waals surface area contributed by atoms with Crippen LogP contribution in [0.2, 0.25) is 0 Å². The van der Waals surface area contributed by atoms with Gasteiger partial charge in [0.25, 0.3) is 0 Å². The van der Waals surface area contributed by atoms with E-state index < -0.39 is 28.6 Å². The summed E-state index contributed by atoms with van der Waals surface area (Å²) in [5.74, 6) is 0. The molecule has 0 spiro atoms. The second kappa shape index (κ2) is 46.4. The fourth-order valence-electron chi connectivity index (χ4n) is 10.2. The number of hydrogen-bond acceptors (Lipinski definition) is 1. The third-order valence-electron chi connectivity index (χ3n) is 16.0. The summed E-state index contributed by atoms with van der Waals surface area (Å²) in [6.45, 7) is 8.71. The molecule has 0 amide bonds. The maximum atomic E-state index is 9.89. The van der Waals surface area contributed by atoms with E-state index in [1.807, 2.05) is 27.7 Å². The first-order valence-electron chi connectivity index (χ1n) is 31.8. The van der Waals surface area contributed by atoms with E-state index in [-0.39, 0.29) is 59.4 Å². The van der Waals surface area contributed by atoms with Gasteiger partial charge in [-0.25, -0.2) is 0 Å². The SMILES string of the molecule is C.C/C=C/C(C)=C(C)C.C=P(c1ccccc1)(c1ccccc1)c1ccccc1.C=P(c1ccccc1)(c1ccccc1)c1ccccc1.C=P(c1ccccc1)(c1ccccc1)c1ccccc1.CC(C)=C(C)C=O.[CH3-].[CH3-].[V].[V].c1ccc(P(c2ccccc2)c2ccccc2)cc1. The number of hydrogen-bond donors (Lipinski definition) is 0. The molecule has 12 aromatic carbocycles. The van der Waals surface area contributed by atoms with Gasteiger partial charge in [-0.15, -0.1) is 0 Å². The van der Waals surface area contributed by atoms with Gasteiger partial charge in [-0.2, -0.15) is 0 Å². The van der Waals surface area contributed by atoms with Crippen molar-refractivity contribution in [1.29, 1.82) is 0 Å². The number of carbonyl (C=O) groups excluding carboxylic acids is 1. The van der Waals surface area contributed by atoms with Gasteiger partial charge in [0.2, 0.25) is 0 Å². The van der Waals surface area contributed by atoms with Crippen LogP contribution in [-0.2, 0) is 41.9 Å². The van der Waals surface area contributed by atoms with Crippen molar-refractivity contribution in [1.82, 2.24) is 0 Å². The van der Waals surface area contributed by atoms with Crippen LogP contribution in [0.5, 0.6) is 0 Å². The smallest absolute Gasteiger partial charge is 0.145 e. The van der Waals surface area contributed by atoms with E-state index in [0.717, 1.165) is 17.4 Å². The minimum Gasteiger partial charge on any atom is -0.358 e. The Balaban J connectivity index is 0.000000413. The van der Waals surface area contributed by atoms with Crippen molar-refractivity contribution in [3.8, 4) is 0 Å². The summed E-state index contributed by atoms with van der Waals surface area (Å²) in [4.78, 5) is 9.89. The number of allylic oxidation sites excluding steroid dienone is 6. The first kappa shape index (κ1) is 87.1. The van der Waals surface area contributed by atoms with E-state index in [4.69, 9.17) is 18.9 Å². The zero-order valence-corrected chi connectivity index (χ0v) is 65.0. The Labute approximate surface area is 623 Å². The molecule has 0 unspecified atom stereocenters. The van der Waals surface area contributed by atoms with Crippen LogP contribution in [0.15, 0.2) is 398 Å². The van der Waals surface area contributed by atoms with Gasteiger partial charge in [-0.1, -0.05) is 419 Å². The Morgan fingerprint density at radius 2 is 0.414 bits per heavy atom. The van der Waals surface area contributed by atoms with Crippen LogP contribution >= 0.6 is 28.6 Å². The maximum Gasteiger partial charge on any atom is 0.145 e. The van der Waals surface area contributed by atoms with Crippen LogP contribution in [0.3, 0.4) is 0 Å². The van der Waals surface area contributed by atoms with Crippen LogP contribution in [0.1, 0.15) is 55.9 Å². The molecule has 506 valence electrons. The molecule has 0 aliphatic heterocycles. The molecule has 0 aromatic heterocycles. The molecule has 0 saturated heterocycles. The number of aldehydes is 1. The summed E-state index contributed by atoms with van der Waals surface area (Å²) in [7, 11) is -0.446. The summed E-state index contributed by atoms with van der Waals surface area (Å²) in [6.07, 6.45) is 19.1. The van der Waals surface area contributed by atoms with Crippen molar-refractivity contribution < 1.29 is 41.9 Å². The molecule has 0 saturated carbocycles. The molecule has 0 bridgehead atoms. The fraction of sp³-hybridized carbons (Fsp3) is 0.0870. The quantitative estimate of drug-likeness (QED) is 0.0349. The van der Waals surface area contributed by atoms with Gasteiger partial charge in [0.15, 0.2) is 0 Å². The topological polar surface area (TPSA) is 17.1 Å². The van der Waals surface area contributed by atoms with Gasteiger partial charge >= 0.3 is 0 Å². The van der Waals surface area contributed by atoms with Crippen molar-refractivity contribution in [3.05, 3.63) is 413 Å². The molecule has 0 heterocycles. The molecule has 0 fully saturated rings. The largest absolute Gasteiger partial charge is 0.358 e. The zero-order chi connectivity index (χ0) is 66.9. The molecule has 2 radical (unpaired) electrons. The van der Waals surface area contributed by atoms with Gasteiger partial charge in [0.05, 0.1) is 0 Å². The van der Waals surface area contributed by atoms with Crippen molar-refractivity contribution in [2.75, 3.05) is 0 Å². The molecular weight excluding hydrogens is 1350 g/mol. The monoisotopic (exact) mass is 1450 g/mol. The average molecular weight is 1450 g/mol. The first-order chi connectivity index (χ1) is 45.8. The fourth-order valence-corrected chi connectivity index (χ4v) is 21.3. The van der Waals surface area contributed by atoms with Crippen LogP contribution in [-0.4, -0.2) is 25.2 Å². The van der Waals surface area contributed by atoms with E-state index in [9.17, 15) is 4.79 Å². The second-order valence-electron chi connectivity index (χ2n) is 22.8. The van der Waals surface area contributed by atoms with E-state index in [1.54, 1.807) is 0 Å².